The van der Waals surface area contributed by atoms with Crippen LogP contribution in [0.25, 0.3) is 0 Å². The zero-order valence-electron chi connectivity index (χ0n) is 10.7. The molecular formula is C14H22N2O. The van der Waals surface area contributed by atoms with Crippen LogP contribution in [0.5, 0.6) is 5.75 Å². The van der Waals surface area contributed by atoms with Crippen molar-refractivity contribution in [3.63, 3.8) is 0 Å². The van der Waals surface area contributed by atoms with Crippen molar-refractivity contribution in [2.24, 2.45) is 11.7 Å². The minimum atomic E-state index is 0.292. The maximum Gasteiger partial charge on any atom is 0.120 e. The van der Waals surface area contributed by atoms with Crippen LogP contribution in [-0.4, -0.2) is 26.2 Å². The van der Waals surface area contributed by atoms with Crippen molar-refractivity contribution < 1.29 is 4.74 Å². The Morgan fingerprint density at radius 1 is 1.41 bits per heavy atom. The normalized spacial score (nSPS) is 24.8. The second-order valence-corrected chi connectivity index (χ2v) is 4.88. The molecule has 0 saturated carbocycles. The number of hydrogen-bond acceptors (Lipinski definition) is 3. The summed E-state index contributed by atoms with van der Waals surface area (Å²) < 4.78 is 5.27. The average molecular weight is 234 g/mol. The number of nitrogens with zero attached hydrogens (tertiary/aromatic N) is 1. The van der Waals surface area contributed by atoms with Crippen LogP contribution in [0.15, 0.2) is 24.3 Å². The minimum absolute atomic E-state index is 0.292. The summed E-state index contributed by atoms with van der Waals surface area (Å²) in [5.74, 6) is 1.62. The molecule has 0 aliphatic carbocycles. The first kappa shape index (κ1) is 12.2. The maximum atomic E-state index is 6.13. The van der Waals surface area contributed by atoms with E-state index in [0.717, 1.165) is 25.3 Å². The molecule has 17 heavy (non-hydrogen) atoms. The SMILES string of the molecule is CCC1CC(N)CN(c2cccc(OC)c2)C1. The van der Waals surface area contributed by atoms with E-state index in [-0.39, 0.29) is 0 Å². The molecule has 2 atom stereocenters. The third-order valence-corrected chi connectivity index (χ3v) is 3.57. The summed E-state index contributed by atoms with van der Waals surface area (Å²) in [6, 6.07) is 8.53. The molecule has 2 N–H and O–H groups in total. The smallest absolute Gasteiger partial charge is 0.120 e. The molecule has 1 aliphatic heterocycles. The Morgan fingerprint density at radius 2 is 2.24 bits per heavy atom. The molecule has 0 bridgehead atoms. The van der Waals surface area contributed by atoms with Crippen LogP contribution in [0.2, 0.25) is 0 Å². The number of ether oxygens (including phenoxy) is 1. The van der Waals surface area contributed by atoms with Gasteiger partial charge in [0.2, 0.25) is 0 Å². The van der Waals surface area contributed by atoms with Gasteiger partial charge in [-0.25, -0.2) is 0 Å². The minimum Gasteiger partial charge on any atom is -0.497 e. The lowest BCUT2D eigenvalue weighted by Crippen LogP contribution is -2.47. The molecular weight excluding hydrogens is 212 g/mol. The van der Waals surface area contributed by atoms with Crippen molar-refractivity contribution in [3.8, 4) is 5.75 Å². The number of piperidine rings is 1. The highest BCUT2D eigenvalue weighted by atomic mass is 16.5. The van der Waals surface area contributed by atoms with Gasteiger partial charge in [0, 0.05) is 30.9 Å². The van der Waals surface area contributed by atoms with E-state index < -0.39 is 0 Å². The second kappa shape index (κ2) is 5.41. The van der Waals surface area contributed by atoms with E-state index in [4.69, 9.17) is 10.5 Å². The van der Waals surface area contributed by atoms with E-state index in [1.165, 1.54) is 12.1 Å². The molecule has 3 nitrogen and oxygen atoms in total. The van der Waals surface area contributed by atoms with Gasteiger partial charge in [0.1, 0.15) is 5.75 Å². The standard InChI is InChI=1S/C14H22N2O/c1-3-11-7-12(15)10-16(9-11)13-5-4-6-14(8-13)17-2/h4-6,8,11-12H,3,7,9-10,15H2,1-2H3. The summed E-state index contributed by atoms with van der Waals surface area (Å²) >= 11 is 0. The first-order valence-electron chi connectivity index (χ1n) is 6.37. The molecule has 1 aliphatic rings. The van der Waals surface area contributed by atoms with Gasteiger partial charge >= 0.3 is 0 Å². The van der Waals surface area contributed by atoms with Crippen molar-refractivity contribution in [2.75, 3.05) is 25.1 Å². The fourth-order valence-electron chi connectivity index (χ4n) is 2.56. The molecule has 1 heterocycles. The molecule has 0 radical (unpaired) electrons. The van der Waals surface area contributed by atoms with Gasteiger partial charge in [-0.05, 0) is 24.5 Å². The Balaban J connectivity index is 2.14. The van der Waals surface area contributed by atoms with Crippen molar-refractivity contribution >= 4 is 5.69 Å². The molecule has 3 heteroatoms. The number of anilines is 1. The number of nitrogens with two attached hydrogens (primary N) is 1. The van der Waals surface area contributed by atoms with Gasteiger partial charge in [-0.2, -0.15) is 0 Å². The zero-order chi connectivity index (χ0) is 12.3. The summed E-state index contributed by atoms with van der Waals surface area (Å²) in [5.41, 5.74) is 7.35. The van der Waals surface area contributed by atoms with Gasteiger partial charge in [-0.3, -0.25) is 0 Å². The first-order valence-corrected chi connectivity index (χ1v) is 6.37. The Hall–Kier alpha value is -1.22. The Labute approximate surface area is 104 Å². The molecule has 2 rings (SSSR count). The summed E-state index contributed by atoms with van der Waals surface area (Å²) in [4.78, 5) is 2.38. The van der Waals surface area contributed by atoms with Gasteiger partial charge in [-0.1, -0.05) is 19.4 Å². The molecule has 0 amide bonds. The first-order chi connectivity index (χ1) is 8.22. The van der Waals surface area contributed by atoms with Crippen molar-refractivity contribution in [2.45, 2.75) is 25.8 Å². The van der Waals surface area contributed by atoms with Crippen LogP contribution in [0.1, 0.15) is 19.8 Å². The molecule has 1 aromatic rings. The van der Waals surface area contributed by atoms with Gasteiger partial charge < -0.3 is 15.4 Å². The van der Waals surface area contributed by atoms with Gasteiger partial charge in [0.25, 0.3) is 0 Å². The Bertz CT molecular complexity index is 367. The summed E-state index contributed by atoms with van der Waals surface area (Å²) in [7, 11) is 1.70. The van der Waals surface area contributed by atoms with Gasteiger partial charge in [-0.15, -0.1) is 0 Å². The Kier molecular flexibility index (Phi) is 3.89. The fourth-order valence-corrected chi connectivity index (χ4v) is 2.56. The second-order valence-electron chi connectivity index (χ2n) is 4.88. The topological polar surface area (TPSA) is 38.5 Å². The molecule has 0 aromatic heterocycles. The van der Waals surface area contributed by atoms with E-state index >= 15 is 0 Å². The monoisotopic (exact) mass is 234 g/mol. The predicted octanol–water partition coefficient (Wildman–Crippen LogP) is 2.26. The van der Waals surface area contributed by atoms with Crippen LogP contribution >= 0.6 is 0 Å². The van der Waals surface area contributed by atoms with E-state index in [1.54, 1.807) is 7.11 Å². The summed E-state index contributed by atoms with van der Waals surface area (Å²) in [6.45, 7) is 4.30. The van der Waals surface area contributed by atoms with Crippen LogP contribution in [0.3, 0.4) is 0 Å². The molecule has 2 unspecified atom stereocenters. The molecule has 94 valence electrons. The van der Waals surface area contributed by atoms with Crippen LogP contribution in [0, 0.1) is 5.92 Å². The number of methoxy groups -OCH3 is 1. The largest absolute Gasteiger partial charge is 0.497 e. The van der Waals surface area contributed by atoms with E-state index in [0.29, 0.717) is 12.0 Å². The average Bonchev–Trinajstić information content (AvgIpc) is 2.38. The van der Waals surface area contributed by atoms with Crippen LogP contribution in [-0.2, 0) is 0 Å². The number of rotatable bonds is 3. The lowest BCUT2D eigenvalue weighted by Gasteiger charge is -2.37. The molecule has 1 fully saturated rings. The lowest BCUT2D eigenvalue weighted by atomic mass is 9.92. The molecule has 0 spiro atoms. The third-order valence-electron chi connectivity index (χ3n) is 3.57. The van der Waals surface area contributed by atoms with Gasteiger partial charge in [0.15, 0.2) is 0 Å². The number of benzene rings is 1. The van der Waals surface area contributed by atoms with E-state index in [9.17, 15) is 0 Å². The van der Waals surface area contributed by atoms with E-state index in [2.05, 4.69) is 24.0 Å². The van der Waals surface area contributed by atoms with Crippen molar-refractivity contribution in [3.05, 3.63) is 24.3 Å². The fraction of sp³-hybridized carbons (Fsp3) is 0.571. The highest BCUT2D eigenvalue weighted by molar-refractivity contribution is 5.51. The van der Waals surface area contributed by atoms with E-state index in [1.807, 2.05) is 12.1 Å². The molecule has 1 aromatic carbocycles. The molecule has 1 saturated heterocycles. The summed E-state index contributed by atoms with van der Waals surface area (Å²) in [6.07, 6.45) is 2.35. The maximum absolute atomic E-state index is 6.13. The van der Waals surface area contributed by atoms with Crippen LogP contribution < -0.4 is 15.4 Å². The lowest BCUT2D eigenvalue weighted by molar-refractivity contribution is 0.367. The summed E-state index contributed by atoms with van der Waals surface area (Å²) in [5, 5.41) is 0. The Morgan fingerprint density at radius 3 is 2.94 bits per heavy atom. The predicted molar refractivity (Wildman–Crippen MR) is 71.6 cm³/mol. The van der Waals surface area contributed by atoms with Crippen LogP contribution in [0.4, 0.5) is 5.69 Å². The van der Waals surface area contributed by atoms with Gasteiger partial charge in [0.05, 0.1) is 7.11 Å². The van der Waals surface area contributed by atoms with Crippen molar-refractivity contribution in [1.82, 2.24) is 0 Å². The third kappa shape index (κ3) is 2.91. The quantitative estimate of drug-likeness (QED) is 0.872. The van der Waals surface area contributed by atoms with Crippen molar-refractivity contribution in [1.29, 1.82) is 0 Å². The highest BCUT2D eigenvalue weighted by Crippen LogP contribution is 2.26. The highest BCUT2D eigenvalue weighted by Gasteiger charge is 2.24. The number of hydrogen-bond donors (Lipinski definition) is 1. The zero-order valence-corrected chi connectivity index (χ0v) is 10.7.